The Labute approximate surface area is 134 Å². The van der Waals surface area contributed by atoms with Crippen LogP contribution in [0.15, 0.2) is 24.5 Å². The fourth-order valence-corrected chi connectivity index (χ4v) is 2.79. The van der Waals surface area contributed by atoms with Crippen molar-refractivity contribution in [1.82, 2.24) is 9.55 Å². The molecule has 2 aromatic rings. The van der Waals surface area contributed by atoms with Gasteiger partial charge in [-0.1, -0.05) is 23.2 Å². The third-order valence-electron chi connectivity index (χ3n) is 3.38. The van der Waals surface area contributed by atoms with Crippen molar-refractivity contribution in [1.29, 1.82) is 0 Å². The van der Waals surface area contributed by atoms with Crippen LogP contribution < -0.4 is 5.73 Å². The highest BCUT2D eigenvalue weighted by Gasteiger charge is 2.14. The number of aryl methyl sites for hydroxylation is 1. The van der Waals surface area contributed by atoms with Gasteiger partial charge in [0.15, 0.2) is 0 Å². The molecule has 2 rings (SSSR count). The van der Waals surface area contributed by atoms with Gasteiger partial charge in [0.05, 0.1) is 22.7 Å². The molecule has 0 aliphatic rings. The van der Waals surface area contributed by atoms with Crippen LogP contribution in [0, 0.1) is 0 Å². The molecule has 3 N–H and O–H groups in total. The Morgan fingerprint density at radius 1 is 1.19 bits per heavy atom. The van der Waals surface area contributed by atoms with Gasteiger partial charge in [0.1, 0.15) is 0 Å². The number of hydrogen-bond donors (Lipinski definition) is 2. The molecule has 0 aliphatic carbocycles. The molecule has 0 atom stereocenters. The van der Waals surface area contributed by atoms with Gasteiger partial charge < -0.3 is 15.4 Å². The number of aliphatic hydroxyl groups excluding tert-OH is 1. The Bertz CT molecular complexity index is 599. The summed E-state index contributed by atoms with van der Waals surface area (Å²) < 4.78 is 2.05. The zero-order valence-electron chi connectivity index (χ0n) is 11.7. The smallest absolute Gasteiger partial charge is 0.0956 e. The minimum atomic E-state index is 0.235. The number of halogens is 2. The number of imidazole rings is 1. The van der Waals surface area contributed by atoms with Gasteiger partial charge in [-0.15, -0.1) is 0 Å². The van der Waals surface area contributed by atoms with Gasteiger partial charge >= 0.3 is 0 Å². The molecule has 0 saturated heterocycles. The lowest BCUT2D eigenvalue weighted by molar-refractivity contribution is 0.281. The van der Waals surface area contributed by atoms with Crippen LogP contribution in [0.4, 0.5) is 0 Å². The first-order chi connectivity index (χ1) is 10.2. The molecule has 0 aliphatic heterocycles. The van der Waals surface area contributed by atoms with Gasteiger partial charge in [-0.3, -0.25) is 0 Å². The van der Waals surface area contributed by atoms with Crippen molar-refractivity contribution in [3.8, 4) is 11.3 Å². The minimum absolute atomic E-state index is 0.235. The van der Waals surface area contributed by atoms with Crippen molar-refractivity contribution in [3.05, 3.63) is 40.3 Å². The second-order valence-electron chi connectivity index (χ2n) is 4.85. The van der Waals surface area contributed by atoms with Crippen LogP contribution in [0.5, 0.6) is 0 Å². The lowest BCUT2D eigenvalue weighted by Gasteiger charge is -2.09. The molecule has 0 bridgehead atoms. The van der Waals surface area contributed by atoms with Crippen molar-refractivity contribution in [2.45, 2.75) is 32.4 Å². The number of nitrogens with zero attached hydrogens (tertiary/aromatic N) is 2. The molecule has 0 spiro atoms. The monoisotopic (exact) mass is 327 g/mol. The third kappa shape index (κ3) is 3.98. The predicted molar refractivity (Wildman–Crippen MR) is 86.5 cm³/mol. The number of unbranched alkanes of at least 4 members (excludes halogenated alkanes) is 2. The summed E-state index contributed by atoms with van der Waals surface area (Å²) in [6, 6.07) is 5.37. The first-order valence-electron chi connectivity index (χ1n) is 6.97. The van der Waals surface area contributed by atoms with Crippen LogP contribution in [0.3, 0.4) is 0 Å². The number of hydrogen-bond acceptors (Lipinski definition) is 3. The summed E-state index contributed by atoms with van der Waals surface area (Å²) >= 11 is 12.2. The number of nitrogens with two attached hydrogens (primary N) is 1. The van der Waals surface area contributed by atoms with Gasteiger partial charge in [-0.25, -0.2) is 4.98 Å². The summed E-state index contributed by atoms with van der Waals surface area (Å²) in [5.74, 6) is 0. The number of benzene rings is 1. The van der Waals surface area contributed by atoms with E-state index < -0.39 is 0 Å². The zero-order valence-corrected chi connectivity index (χ0v) is 13.2. The third-order valence-corrected chi connectivity index (χ3v) is 3.93. The van der Waals surface area contributed by atoms with Crippen molar-refractivity contribution in [2.75, 3.05) is 6.61 Å². The molecule has 1 aromatic carbocycles. The Morgan fingerprint density at radius 2 is 2.00 bits per heavy atom. The number of rotatable bonds is 7. The molecular weight excluding hydrogens is 309 g/mol. The summed E-state index contributed by atoms with van der Waals surface area (Å²) in [6.07, 6.45) is 4.58. The molecule has 0 fully saturated rings. The SMILES string of the molecule is NCc1c(-c2ccc(Cl)cc2Cl)ncn1CCCCCO. The second kappa shape index (κ2) is 7.80. The summed E-state index contributed by atoms with van der Waals surface area (Å²) in [7, 11) is 0. The summed E-state index contributed by atoms with van der Waals surface area (Å²) in [4.78, 5) is 4.45. The van der Waals surface area contributed by atoms with Crippen molar-refractivity contribution in [3.63, 3.8) is 0 Å². The van der Waals surface area contributed by atoms with E-state index in [4.69, 9.17) is 34.0 Å². The largest absolute Gasteiger partial charge is 0.396 e. The molecule has 4 nitrogen and oxygen atoms in total. The van der Waals surface area contributed by atoms with Gasteiger partial charge in [0.25, 0.3) is 0 Å². The average Bonchev–Trinajstić information content (AvgIpc) is 2.86. The fraction of sp³-hybridized carbons (Fsp3) is 0.400. The van der Waals surface area contributed by atoms with Crippen molar-refractivity contribution >= 4 is 23.2 Å². The zero-order chi connectivity index (χ0) is 15.2. The van der Waals surface area contributed by atoms with E-state index in [1.54, 1.807) is 18.5 Å². The topological polar surface area (TPSA) is 64.1 Å². The lowest BCUT2D eigenvalue weighted by Crippen LogP contribution is -2.08. The molecule has 0 unspecified atom stereocenters. The van der Waals surface area contributed by atoms with Crippen LogP contribution in [0.2, 0.25) is 10.0 Å². The van der Waals surface area contributed by atoms with Crippen LogP contribution in [-0.4, -0.2) is 21.3 Å². The highest BCUT2D eigenvalue weighted by molar-refractivity contribution is 6.36. The van der Waals surface area contributed by atoms with E-state index in [1.165, 1.54) is 0 Å². The summed E-state index contributed by atoms with van der Waals surface area (Å²) in [5, 5.41) is 9.98. The van der Waals surface area contributed by atoms with Gasteiger partial charge in [-0.05, 0) is 37.5 Å². The van der Waals surface area contributed by atoms with Gasteiger partial charge in [0, 0.05) is 30.3 Å². The molecule has 21 heavy (non-hydrogen) atoms. The normalized spacial score (nSPS) is 11.0. The molecule has 114 valence electrons. The maximum atomic E-state index is 8.81. The highest BCUT2D eigenvalue weighted by atomic mass is 35.5. The quantitative estimate of drug-likeness (QED) is 0.765. The van der Waals surface area contributed by atoms with E-state index in [0.717, 1.165) is 42.8 Å². The Balaban J connectivity index is 2.22. The Hall–Kier alpha value is -1.07. The molecule has 1 aromatic heterocycles. The maximum Gasteiger partial charge on any atom is 0.0956 e. The second-order valence-corrected chi connectivity index (χ2v) is 5.69. The molecule has 1 heterocycles. The highest BCUT2D eigenvalue weighted by Crippen LogP contribution is 2.31. The van der Waals surface area contributed by atoms with E-state index in [-0.39, 0.29) is 6.61 Å². The number of aliphatic hydroxyl groups is 1. The maximum absolute atomic E-state index is 8.81. The minimum Gasteiger partial charge on any atom is -0.396 e. The van der Waals surface area contributed by atoms with E-state index in [9.17, 15) is 0 Å². The van der Waals surface area contributed by atoms with Crippen LogP contribution in [-0.2, 0) is 13.1 Å². The van der Waals surface area contributed by atoms with E-state index >= 15 is 0 Å². The van der Waals surface area contributed by atoms with Crippen LogP contribution in [0.25, 0.3) is 11.3 Å². The molecular formula is C15H19Cl2N3O. The predicted octanol–water partition coefficient (Wildman–Crippen LogP) is 3.48. The summed E-state index contributed by atoms with van der Waals surface area (Å²) in [6.45, 7) is 1.47. The number of aromatic nitrogens is 2. The molecule has 6 heteroatoms. The van der Waals surface area contributed by atoms with Crippen molar-refractivity contribution < 1.29 is 5.11 Å². The average molecular weight is 328 g/mol. The van der Waals surface area contributed by atoms with Gasteiger partial charge in [0.2, 0.25) is 0 Å². The molecule has 0 amide bonds. The first-order valence-corrected chi connectivity index (χ1v) is 7.73. The molecule has 0 radical (unpaired) electrons. The standard InChI is InChI=1S/C15H19Cl2N3O/c16-11-4-5-12(13(17)8-11)15-14(9-18)20(10-19-15)6-2-1-3-7-21/h4-5,8,10,21H,1-3,6-7,9,18H2. The lowest BCUT2D eigenvalue weighted by atomic mass is 10.1. The Morgan fingerprint density at radius 3 is 2.67 bits per heavy atom. The van der Waals surface area contributed by atoms with Crippen LogP contribution >= 0.6 is 23.2 Å². The van der Waals surface area contributed by atoms with E-state index in [2.05, 4.69) is 9.55 Å². The summed E-state index contributed by atoms with van der Waals surface area (Å²) in [5.41, 5.74) is 8.48. The van der Waals surface area contributed by atoms with E-state index in [1.807, 2.05) is 6.07 Å². The van der Waals surface area contributed by atoms with Gasteiger partial charge in [-0.2, -0.15) is 0 Å². The fourth-order valence-electron chi connectivity index (χ4n) is 2.29. The van der Waals surface area contributed by atoms with Crippen LogP contribution in [0.1, 0.15) is 25.0 Å². The van der Waals surface area contributed by atoms with Crippen molar-refractivity contribution in [2.24, 2.45) is 5.73 Å². The molecule has 0 saturated carbocycles. The van der Waals surface area contributed by atoms with E-state index in [0.29, 0.717) is 16.6 Å². The Kier molecular flexibility index (Phi) is 6.06. The first kappa shape index (κ1) is 16.3.